The number of halogens is 2. The second-order valence-electron chi connectivity index (χ2n) is 7.27. The molecule has 0 bridgehead atoms. The maximum absolute atomic E-state index is 14.4. The molecule has 0 aliphatic heterocycles. The Morgan fingerprint density at radius 1 is 0.958 bits per heavy atom. The highest BCUT2D eigenvalue weighted by atomic mass is 19.2. The first-order chi connectivity index (χ1) is 11.4. The molecule has 2 rings (SSSR count). The molecule has 0 fully saturated rings. The highest BCUT2D eigenvalue weighted by Gasteiger charge is 2.26. The molecule has 0 aromatic carbocycles. The topological polar surface area (TPSA) is 9.23 Å². The van der Waals surface area contributed by atoms with Crippen molar-refractivity contribution >= 4 is 0 Å². The summed E-state index contributed by atoms with van der Waals surface area (Å²) in [6.45, 7) is 8.92. The van der Waals surface area contributed by atoms with Gasteiger partial charge in [-0.05, 0) is 55.6 Å². The molecule has 0 heterocycles. The smallest absolute Gasteiger partial charge is 0.196 e. The predicted octanol–water partition coefficient (Wildman–Crippen LogP) is 6.94. The fourth-order valence-corrected chi connectivity index (χ4v) is 3.41. The fraction of sp³-hybridized carbons (Fsp3) is 0.619. The number of allylic oxidation sites excluding steroid dienone is 8. The van der Waals surface area contributed by atoms with Gasteiger partial charge in [-0.2, -0.15) is 0 Å². The van der Waals surface area contributed by atoms with Crippen LogP contribution in [0.3, 0.4) is 0 Å². The van der Waals surface area contributed by atoms with E-state index in [0.717, 1.165) is 24.3 Å². The predicted molar refractivity (Wildman–Crippen MR) is 95.8 cm³/mol. The molecule has 24 heavy (non-hydrogen) atoms. The molecule has 1 nitrogen and oxygen atoms in total. The van der Waals surface area contributed by atoms with Crippen LogP contribution in [0, 0.1) is 11.8 Å². The lowest BCUT2D eigenvalue weighted by Crippen LogP contribution is -2.09. The summed E-state index contributed by atoms with van der Waals surface area (Å²) in [5, 5.41) is 0. The van der Waals surface area contributed by atoms with Gasteiger partial charge >= 0.3 is 0 Å². The van der Waals surface area contributed by atoms with Gasteiger partial charge in [0.1, 0.15) is 5.76 Å². The van der Waals surface area contributed by atoms with Crippen LogP contribution in [0.1, 0.15) is 66.2 Å². The largest absolute Gasteiger partial charge is 0.495 e. The van der Waals surface area contributed by atoms with Crippen molar-refractivity contribution in [2.45, 2.75) is 66.2 Å². The van der Waals surface area contributed by atoms with Crippen molar-refractivity contribution in [1.29, 1.82) is 0 Å². The highest BCUT2D eigenvalue weighted by molar-refractivity contribution is 5.46. The van der Waals surface area contributed by atoms with Crippen LogP contribution < -0.4 is 0 Å². The summed E-state index contributed by atoms with van der Waals surface area (Å²) in [5.41, 5.74) is 2.90. The molecule has 0 N–H and O–H groups in total. The zero-order chi connectivity index (χ0) is 17.7. The van der Waals surface area contributed by atoms with E-state index in [1.165, 1.54) is 18.4 Å². The molecule has 0 spiro atoms. The minimum absolute atomic E-state index is 0.161. The van der Waals surface area contributed by atoms with Gasteiger partial charge in [-0.25, -0.2) is 8.78 Å². The van der Waals surface area contributed by atoms with Crippen molar-refractivity contribution < 1.29 is 13.5 Å². The van der Waals surface area contributed by atoms with Gasteiger partial charge in [-0.15, -0.1) is 0 Å². The lowest BCUT2D eigenvalue weighted by atomic mass is 9.83. The molecule has 0 saturated carbocycles. The van der Waals surface area contributed by atoms with Crippen molar-refractivity contribution in [2.75, 3.05) is 6.61 Å². The number of rotatable bonds is 7. The summed E-state index contributed by atoms with van der Waals surface area (Å²) in [7, 11) is 0. The van der Waals surface area contributed by atoms with Crippen molar-refractivity contribution in [2.24, 2.45) is 11.8 Å². The van der Waals surface area contributed by atoms with Crippen molar-refractivity contribution in [1.82, 2.24) is 0 Å². The van der Waals surface area contributed by atoms with Crippen LogP contribution >= 0.6 is 0 Å². The molecule has 2 aliphatic carbocycles. The van der Waals surface area contributed by atoms with E-state index in [0.29, 0.717) is 30.9 Å². The maximum atomic E-state index is 14.4. The molecule has 0 amide bonds. The third kappa shape index (κ3) is 4.58. The Bertz CT molecular complexity index is 579. The maximum Gasteiger partial charge on any atom is 0.196 e. The SMILES string of the molecule is CCOC1=C(F)C(F)=C(C2=CC=C(C(C)CCC(C)C)CC2)CC1. The second-order valence-corrected chi connectivity index (χ2v) is 7.27. The zero-order valence-corrected chi connectivity index (χ0v) is 15.4. The molecule has 3 heteroatoms. The first-order valence-electron chi connectivity index (χ1n) is 9.24. The van der Waals surface area contributed by atoms with Crippen LogP contribution in [0.5, 0.6) is 0 Å². The van der Waals surface area contributed by atoms with Crippen LogP contribution in [0.25, 0.3) is 0 Å². The van der Waals surface area contributed by atoms with Crippen LogP contribution in [0.2, 0.25) is 0 Å². The Morgan fingerprint density at radius 2 is 1.71 bits per heavy atom. The van der Waals surface area contributed by atoms with Crippen molar-refractivity contribution in [3.63, 3.8) is 0 Å². The van der Waals surface area contributed by atoms with E-state index < -0.39 is 11.7 Å². The average Bonchev–Trinajstić information content (AvgIpc) is 2.57. The Balaban J connectivity index is 2.11. The molecule has 0 radical (unpaired) electrons. The molecular weight excluding hydrogens is 306 g/mol. The Hall–Kier alpha value is -1.38. The number of hydrogen-bond donors (Lipinski definition) is 0. The minimum atomic E-state index is -0.806. The standard InChI is InChI=1S/C21H30F2O/c1-5-24-19-13-12-18(20(22)21(19)23)17-10-8-16(9-11-17)15(4)7-6-14(2)3/h8,10,14-15H,5-7,9,11-13H2,1-4H3. The molecule has 134 valence electrons. The minimum Gasteiger partial charge on any atom is -0.495 e. The van der Waals surface area contributed by atoms with Gasteiger partial charge in [-0.3, -0.25) is 0 Å². The molecule has 1 unspecified atom stereocenters. The summed E-state index contributed by atoms with van der Waals surface area (Å²) in [6, 6.07) is 0. The Labute approximate surface area is 145 Å². The number of ether oxygens (including phenoxy) is 1. The fourth-order valence-electron chi connectivity index (χ4n) is 3.41. The highest BCUT2D eigenvalue weighted by Crippen LogP contribution is 2.39. The molecule has 0 saturated heterocycles. The van der Waals surface area contributed by atoms with Crippen molar-refractivity contribution in [3.8, 4) is 0 Å². The summed E-state index contributed by atoms with van der Waals surface area (Å²) in [4.78, 5) is 0. The van der Waals surface area contributed by atoms with E-state index in [4.69, 9.17) is 4.74 Å². The second kappa shape index (κ2) is 8.64. The molecule has 0 aromatic rings. The van der Waals surface area contributed by atoms with E-state index >= 15 is 0 Å². The van der Waals surface area contributed by atoms with Gasteiger partial charge in [0.05, 0.1) is 6.61 Å². The number of hydrogen-bond acceptors (Lipinski definition) is 1. The normalized spacial score (nSPS) is 20.3. The van der Waals surface area contributed by atoms with Crippen molar-refractivity contribution in [3.05, 3.63) is 46.3 Å². The lowest BCUT2D eigenvalue weighted by Gasteiger charge is -2.24. The third-order valence-corrected chi connectivity index (χ3v) is 5.00. The van der Waals surface area contributed by atoms with Gasteiger partial charge in [0.15, 0.2) is 11.7 Å². The summed E-state index contributed by atoms with van der Waals surface area (Å²) < 4.78 is 33.7. The van der Waals surface area contributed by atoms with Gasteiger partial charge in [0.25, 0.3) is 0 Å². The van der Waals surface area contributed by atoms with Crippen LogP contribution in [-0.4, -0.2) is 6.61 Å². The van der Waals surface area contributed by atoms with E-state index in [1.807, 2.05) is 6.08 Å². The molecular formula is C21H30F2O. The van der Waals surface area contributed by atoms with Crippen LogP contribution in [0.15, 0.2) is 46.3 Å². The summed E-state index contributed by atoms with van der Waals surface area (Å²) >= 11 is 0. The molecule has 0 aromatic heterocycles. The van der Waals surface area contributed by atoms with E-state index in [-0.39, 0.29) is 5.76 Å². The van der Waals surface area contributed by atoms with E-state index in [9.17, 15) is 8.78 Å². The van der Waals surface area contributed by atoms with Crippen LogP contribution in [0.4, 0.5) is 8.78 Å². The summed E-state index contributed by atoms with van der Waals surface area (Å²) in [5.74, 6) is -0.0801. The van der Waals surface area contributed by atoms with Gasteiger partial charge in [-0.1, -0.05) is 44.9 Å². The first kappa shape index (κ1) is 19.0. The Kier molecular flexibility index (Phi) is 6.82. The van der Waals surface area contributed by atoms with E-state index in [2.05, 4.69) is 26.8 Å². The quantitative estimate of drug-likeness (QED) is 0.489. The van der Waals surface area contributed by atoms with E-state index in [1.54, 1.807) is 6.92 Å². The monoisotopic (exact) mass is 336 g/mol. The first-order valence-corrected chi connectivity index (χ1v) is 9.24. The van der Waals surface area contributed by atoms with Gasteiger partial charge in [0, 0.05) is 6.42 Å². The lowest BCUT2D eigenvalue weighted by molar-refractivity contribution is 0.202. The third-order valence-electron chi connectivity index (χ3n) is 5.00. The van der Waals surface area contributed by atoms with Gasteiger partial charge < -0.3 is 4.74 Å². The zero-order valence-electron chi connectivity index (χ0n) is 15.4. The average molecular weight is 336 g/mol. The van der Waals surface area contributed by atoms with Crippen LogP contribution in [-0.2, 0) is 4.74 Å². The van der Waals surface area contributed by atoms with Gasteiger partial charge in [0.2, 0.25) is 0 Å². The molecule has 1 atom stereocenters. The summed E-state index contributed by atoms with van der Waals surface area (Å²) in [6.07, 6.45) is 9.27. The Morgan fingerprint density at radius 3 is 2.29 bits per heavy atom. The molecule has 2 aliphatic rings.